The minimum atomic E-state index is -0.229. The van der Waals surface area contributed by atoms with Gasteiger partial charge in [-0.25, -0.2) is 9.66 Å². The fourth-order valence-electron chi connectivity index (χ4n) is 3.30. The second-order valence-electron chi connectivity index (χ2n) is 6.74. The van der Waals surface area contributed by atoms with Crippen LogP contribution in [0.5, 0.6) is 0 Å². The number of carbonyl (C=O) groups is 1. The lowest BCUT2D eigenvalue weighted by molar-refractivity contribution is -0.116. The summed E-state index contributed by atoms with van der Waals surface area (Å²) in [6.45, 7) is 1.94. The molecule has 0 bridgehead atoms. The number of fused-ring (bicyclic) bond motifs is 1. The van der Waals surface area contributed by atoms with E-state index in [4.69, 9.17) is 4.98 Å². The van der Waals surface area contributed by atoms with Crippen LogP contribution in [0.25, 0.3) is 10.9 Å². The first-order valence-corrected chi connectivity index (χ1v) is 9.05. The Balaban J connectivity index is 1.71. The Labute approximate surface area is 151 Å². The molecule has 1 N–H and O–H groups in total. The molecule has 132 valence electrons. The van der Waals surface area contributed by atoms with Gasteiger partial charge in [-0.1, -0.05) is 49.4 Å². The zero-order valence-electron chi connectivity index (χ0n) is 14.7. The van der Waals surface area contributed by atoms with Crippen molar-refractivity contribution in [1.82, 2.24) is 9.66 Å². The lowest BCUT2D eigenvalue weighted by atomic mass is 10.1. The van der Waals surface area contributed by atoms with E-state index in [2.05, 4.69) is 11.5 Å². The van der Waals surface area contributed by atoms with Crippen LogP contribution in [0, 0.1) is 0 Å². The SMILES string of the molecule is CCc1nc2c(C3CC3)cccc2c(=O)n1NC(=O)Cc1ccccc1. The van der Waals surface area contributed by atoms with Crippen molar-refractivity contribution in [2.24, 2.45) is 0 Å². The van der Waals surface area contributed by atoms with Crippen molar-refractivity contribution in [3.05, 3.63) is 75.8 Å². The van der Waals surface area contributed by atoms with E-state index in [1.807, 2.05) is 43.3 Å². The highest BCUT2D eigenvalue weighted by molar-refractivity contribution is 5.87. The van der Waals surface area contributed by atoms with Crippen LogP contribution in [0.1, 0.15) is 42.6 Å². The van der Waals surface area contributed by atoms with Gasteiger partial charge < -0.3 is 0 Å². The van der Waals surface area contributed by atoms with Crippen LogP contribution in [0.15, 0.2) is 53.3 Å². The molecule has 1 fully saturated rings. The van der Waals surface area contributed by atoms with Crippen molar-refractivity contribution in [2.75, 3.05) is 5.43 Å². The number of aromatic nitrogens is 2. The van der Waals surface area contributed by atoms with Gasteiger partial charge in [-0.2, -0.15) is 0 Å². The predicted octanol–water partition coefficient (Wildman–Crippen LogP) is 3.15. The maximum absolute atomic E-state index is 13.0. The van der Waals surface area contributed by atoms with Crippen LogP contribution in [0.4, 0.5) is 0 Å². The number of benzene rings is 2. The van der Waals surface area contributed by atoms with Crippen molar-refractivity contribution in [1.29, 1.82) is 0 Å². The minimum absolute atomic E-state index is 0.212. The van der Waals surface area contributed by atoms with Crippen LogP contribution in [-0.2, 0) is 17.6 Å². The molecule has 0 spiro atoms. The van der Waals surface area contributed by atoms with E-state index in [-0.39, 0.29) is 17.9 Å². The average molecular weight is 347 g/mol. The van der Waals surface area contributed by atoms with E-state index in [0.717, 1.165) is 29.5 Å². The monoisotopic (exact) mass is 347 g/mol. The molecule has 0 atom stereocenters. The van der Waals surface area contributed by atoms with Crippen LogP contribution >= 0.6 is 0 Å². The molecule has 3 aromatic rings. The fourth-order valence-corrected chi connectivity index (χ4v) is 3.30. The Bertz CT molecular complexity index is 1020. The molecule has 1 aliphatic rings. The van der Waals surface area contributed by atoms with Crippen molar-refractivity contribution >= 4 is 16.8 Å². The van der Waals surface area contributed by atoms with Crippen molar-refractivity contribution in [3.63, 3.8) is 0 Å². The molecular formula is C21H21N3O2. The number of nitrogens with zero attached hydrogens (tertiary/aromatic N) is 2. The zero-order valence-corrected chi connectivity index (χ0v) is 14.7. The number of nitrogens with one attached hydrogen (secondary N) is 1. The molecule has 0 saturated heterocycles. The molecule has 1 amide bonds. The van der Waals surface area contributed by atoms with Gasteiger partial charge in [-0.05, 0) is 36.0 Å². The van der Waals surface area contributed by atoms with E-state index in [1.54, 1.807) is 6.07 Å². The number of carbonyl (C=O) groups excluding carboxylic acids is 1. The van der Waals surface area contributed by atoms with Gasteiger partial charge in [0.05, 0.1) is 17.3 Å². The molecule has 0 aliphatic heterocycles. The number of hydrogen-bond donors (Lipinski definition) is 1. The van der Waals surface area contributed by atoms with E-state index in [0.29, 0.717) is 23.5 Å². The molecule has 26 heavy (non-hydrogen) atoms. The topological polar surface area (TPSA) is 64.0 Å². The van der Waals surface area contributed by atoms with Gasteiger partial charge in [0.15, 0.2) is 0 Å². The van der Waals surface area contributed by atoms with Gasteiger partial charge in [-0.15, -0.1) is 0 Å². The molecule has 4 rings (SSSR count). The number of rotatable bonds is 5. The molecule has 2 aromatic carbocycles. The summed E-state index contributed by atoms with van der Waals surface area (Å²) < 4.78 is 1.31. The normalized spacial score (nSPS) is 13.7. The summed E-state index contributed by atoms with van der Waals surface area (Å²) in [5.41, 5.74) is 5.36. The number of aryl methyl sites for hydroxylation is 1. The van der Waals surface area contributed by atoms with Crippen molar-refractivity contribution in [2.45, 2.75) is 38.5 Å². The van der Waals surface area contributed by atoms with Crippen LogP contribution < -0.4 is 11.0 Å². The lowest BCUT2D eigenvalue weighted by Crippen LogP contribution is -2.37. The van der Waals surface area contributed by atoms with E-state index in [9.17, 15) is 9.59 Å². The van der Waals surface area contributed by atoms with E-state index < -0.39 is 0 Å². The summed E-state index contributed by atoms with van der Waals surface area (Å²) in [5, 5.41) is 0.562. The van der Waals surface area contributed by atoms with E-state index in [1.165, 1.54) is 4.68 Å². The van der Waals surface area contributed by atoms with Gasteiger partial charge >= 0.3 is 0 Å². The molecule has 1 aliphatic carbocycles. The molecule has 5 nitrogen and oxygen atoms in total. The first kappa shape index (κ1) is 16.5. The number of para-hydroxylation sites is 1. The molecule has 5 heteroatoms. The van der Waals surface area contributed by atoms with Gasteiger partial charge in [0.2, 0.25) is 5.91 Å². The second-order valence-corrected chi connectivity index (χ2v) is 6.74. The standard InChI is InChI=1S/C21H21N3O2/c1-2-18-22-20-16(15-11-12-15)9-6-10-17(20)21(26)24(18)23-19(25)13-14-7-4-3-5-8-14/h3-10,15H,2,11-13H2,1H3,(H,23,25). The predicted molar refractivity (Wildman–Crippen MR) is 102 cm³/mol. The van der Waals surface area contributed by atoms with Gasteiger partial charge in [-0.3, -0.25) is 15.0 Å². The van der Waals surface area contributed by atoms with Gasteiger partial charge in [0.1, 0.15) is 5.82 Å². The number of amides is 1. The third kappa shape index (κ3) is 3.12. The summed E-state index contributed by atoms with van der Waals surface area (Å²) in [4.78, 5) is 30.1. The molecular weight excluding hydrogens is 326 g/mol. The highest BCUT2D eigenvalue weighted by Crippen LogP contribution is 2.42. The lowest BCUT2D eigenvalue weighted by Gasteiger charge is -2.15. The van der Waals surface area contributed by atoms with Gasteiger partial charge in [0, 0.05) is 6.42 Å². The van der Waals surface area contributed by atoms with Crippen LogP contribution in [0.3, 0.4) is 0 Å². The van der Waals surface area contributed by atoms with Crippen LogP contribution in [-0.4, -0.2) is 15.6 Å². The molecule has 1 saturated carbocycles. The third-order valence-electron chi connectivity index (χ3n) is 4.78. The summed E-state index contributed by atoms with van der Waals surface area (Å²) in [7, 11) is 0. The maximum Gasteiger partial charge on any atom is 0.280 e. The Kier molecular flexibility index (Phi) is 4.29. The molecule has 1 heterocycles. The van der Waals surface area contributed by atoms with Crippen molar-refractivity contribution in [3.8, 4) is 0 Å². The Hall–Kier alpha value is -2.95. The molecule has 1 aromatic heterocycles. The quantitative estimate of drug-likeness (QED) is 0.771. The maximum atomic E-state index is 13.0. The minimum Gasteiger partial charge on any atom is -0.273 e. The van der Waals surface area contributed by atoms with Gasteiger partial charge in [0.25, 0.3) is 5.56 Å². The third-order valence-corrected chi connectivity index (χ3v) is 4.78. The smallest absolute Gasteiger partial charge is 0.273 e. The molecule has 0 radical (unpaired) electrons. The Morgan fingerprint density at radius 3 is 2.62 bits per heavy atom. The summed E-state index contributed by atoms with van der Waals surface area (Å²) in [6, 6.07) is 15.2. The Morgan fingerprint density at radius 2 is 1.92 bits per heavy atom. The van der Waals surface area contributed by atoms with Crippen LogP contribution in [0.2, 0.25) is 0 Å². The first-order chi connectivity index (χ1) is 12.7. The summed E-state index contributed by atoms with van der Waals surface area (Å²) in [6.07, 6.45) is 3.09. The largest absolute Gasteiger partial charge is 0.280 e. The highest BCUT2D eigenvalue weighted by atomic mass is 16.2. The van der Waals surface area contributed by atoms with Crippen molar-refractivity contribution < 1.29 is 4.79 Å². The Morgan fingerprint density at radius 1 is 1.15 bits per heavy atom. The fraction of sp³-hybridized carbons (Fsp3) is 0.286. The summed E-state index contributed by atoms with van der Waals surface area (Å²) in [5.74, 6) is 0.864. The molecule has 0 unspecified atom stereocenters. The average Bonchev–Trinajstić information content (AvgIpc) is 3.49. The second kappa shape index (κ2) is 6.75. The van der Waals surface area contributed by atoms with E-state index >= 15 is 0 Å². The first-order valence-electron chi connectivity index (χ1n) is 9.05. The highest BCUT2D eigenvalue weighted by Gasteiger charge is 2.27. The zero-order chi connectivity index (χ0) is 18.1. The summed E-state index contributed by atoms with van der Waals surface area (Å²) >= 11 is 0. The number of hydrogen-bond acceptors (Lipinski definition) is 3.